The maximum absolute atomic E-state index is 11.7. The van der Waals surface area contributed by atoms with Gasteiger partial charge in [-0.2, -0.15) is 17.9 Å². The van der Waals surface area contributed by atoms with E-state index in [1.54, 1.807) is 0 Å². The Morgan fingerprint density at radius 3 is 2.31 bits per heavy atom. The zero-order valence-corrected chi connectivity index (χ0v) is 11.3. The summed E-state index contributed by atoms with van der Waals surface area (Å²) in [4.78, 5) is 0. The van der Waals surface area contributed by atoms with Crippen molar-refractivity contribution in [3.63, 3.8) is 0 Å². The summed E-state index contributed by atoms with van der Waals surface area (Å²) in [5, 5.41) is 3.26. The van der Waals surface area contributed by atoms with Gasteiger partial charge >= 0.3 is 0 Å². The fourth-order valence-corrected chi connectivity index (χ4v) is 3.26. The van der Waals surface area contributed by atoms with Crippen LogP contribution in [-0.4, -0.2) is 32.6 Å². The average molecular weight is 249 g/mol. The van der Waals surface area contributed by atoms with E-state index in [0.717, 1.165) is 12.8 Å². The van der Waals surface area contributed by atoms with Crippen LogP contribution < -0.4 is 14.8 Å². The van der Waals surface area contributed by atoms with E-state index in [0.29, 0.717) is 12.6 Å². The highest BCUT2D eigenvalue weighted by molar-refractivity contribution is 7.87. The Morgan fingerprint density at radius 2 is 1.88 bits per heavy atom. The molecule has 0 amide bonds. The minimum Gasteiger partial charge on any atom is -0.313 e. The molecule has 0 saturated carbocycles. The Labute approximate surface area is 98.6 Å². The fraction of sp³-hybridized carbons (Fsp3) is 1.00. The molecule has 0 aliphatic carbocycles. The smallest absolute Gasteiger partial charge is 0.277 e. The van der Waals surface area contributed by atoms with Crippen molar-refractivity contribution in [3.05, 3.63) is 0 Å². The van der Waals surface area contributed by atoms with Gasteiger partial charge in [-0.3, -0.25) is 0 Å². The molecule has 2 atom stereocenters. The van der Waals surface area contributed by atoms with Crippen molar-refractivity contribution in [1.82, 2.24) is 14.8 Å². The first-order chi connectivity index (χ1) is 7.18. The van der Waals surface area contributed by atoms with E-state index in [9.17, 15) is 8.42 Å². The number of piperidine rings is 1. The predicted octanol–water partition coefficient (Wildman–Crippen LogP) is 0.349. The van der Waals surface area contributed by atoms with Gasteiger partial charge in [0, 0.05) is 24.2 Å². The van der Waals surface area contributed by atoms with Gasteiger partial charge in [-0.1, -0.05) is 0 Å². The second-order valence-electron chi connectivity index (χ2n) is 5.56. The van der Waals surface area contributed by atoms with Crippen LogP contribution in [0.15, 0.2) is 0 Å². The number of hydrogen-bond donors (Lipinski definition) is 3. The SMILES string of the molecule is CC1CCC(NS(=O)(=O)NC(C)(C)C)CN1. The molecule has 0 spiro atoms. The van der Waals surface area contributed by atoms with E-state index in [1.165, 1.54) is 0 Å². The van der Waals surface area contributed by atoms with E-state index in [-0.39, 0.29) is 6.04 Å². The molecule has 2 unspecified atom stereocenters. The molecule has 16 heavy (non-hydrogen) atoms. The Hall–Kier alpha value is -0.170. The third kappa shape index (κ3) is 5.25. The van der Waals surface area contributed by atoms with Gasteiger partial charge in [0.05, 0.1) is 0 Å². The average Bonchev–Trinajstić information content (AvgIpc) is 2.04. The van der Waals surface area contributed by atoms with Crippen molar-refractivity contribution in [2.75, 3.05) is 6.54 Å². The molecule has 1 aliphatic rings. The molecule has 0 radical (unpaired) electrons. The molecule has 1 aliphatic heterocycles. The topological polar surface area (TPSA) is 70.2 Å². The van der Waals surface area contributed by atoms with Gasteiger partial charge in [0.25, 0.3) is 10.2 Å². The summed E-state index contributed by atoms with van der Waals surface area (Å²) in [6.45, 7) is 8.29. The van der Waals surface area contributed by atoms with Crippen molar-refractivity contribution < 1.29 is 8.42 Å². The minimum atomic E-state index is -3.40. The monoisotopic (exact) mass is 249 g/mol. The molecule has 3 N–H and O–H groups in total. The van der Waals surface area contributed by atoms with Crippen LogP contribution >= 0.6 is 0 Å². The zero-order chi connectivity index (χ0) is 12.4. The molecule has 5 nitrogen and oxygen atoms in total. The molecule has 1 rings (SSSR count). The molecule has 1 fully saturated rings. The van der Waals surface area contributed by atoms with E-state index < -0.39 is 15.7 Å². The van der Waals surface area contributed by atoms with Crippen LogP contribution in [0.5, 0.6) is 0 Å². The van der Waals surface area contributed by atoms with Crippen LogP contribution in [0.1, 0.15) is 40.5 Å². The Morgan fingerprint density at radius 1 is 1.25 bits per heavy atom. The molecule has 0 aromatic rings. The lowest BCUT2D eigenvalue weighted by molar-refractivity contribution is 0.362. The van der Waals surface area contributed by atoms with E-state index in [4.69, 9.17) is 0 Å². The highest BCUT2D eigenvalue weighted by atomic mass is 32.2. The minimum absolute atomic E-state index is 0.00366. The summed E-state index contributed by atoms with van der Waals surface area (Å²) in [5.41, 5.74) is -0.443. The number of nitrogens with one attached hydrogen (secondary N) is 3. The summed E-state index contributed by atoms with van der Waals surface area (Å²) >= 11 is 0. The molecule has 0 aromatic heterocycles. The van der Waals surface area contributed by atoms with Crippen LogP contribution in [0, 0.1) is 0 Å². The lowest BCUT2D eigenvalue weighted by Gasteiger charge is -2.29. The molecule has 6 heteroatoms. The van der Waals surface area contributed by atoms with Crippen molar-refractivity contribution in [2.24, 2.45) is 0 Å². The highest BCUT2D eigenvalue weighted by Crippen LogP contribution is 2.09. The summed E-state index contributed by atoms with van der Waals surface area (Å²) in [6, 6.07) is 0.479. The second kappa shape index (κ2) is 5.00. The third-order valence-electron chi connectivity index (χ3n) is 2.42. The van der Waals surface area contributed by atoms with Crippen LogP contribution in [0.2, 0.25) is 0 Å². The van der Waals surface area contributed by atoms with Crippen molar-refractivity contribution in [2.45, 2.75) is 58.2 Å². The number of rotatable bonds is 3. The Bertz CT molecular complexity index is 313. The van der Waals surface area contributed by atoms with E-state index >= 15 is 0 Å². The van der Waals surface area contributed by atoms with Crippen LogP contribution in [0.25, 0.3) is 0 Å². The van der Waals surface area contributed by atoms with Gasteiger partial charge in [-0.05, 0) is 40.5 Å². The molecular weight excluding hydrogens is 226 g/mol. The van der Waals surface area contributed by atoms with Crippen molar-refractivity contribution >= 4 is 10.2 Å². The van der Waals surface area contributed by atoms with Gasteiger partial charge in [0.2, 0.25) is 0 Å². The Kier molecular flexibility index (Phi) is 4.34. The maximum atomic E-state index is 11.7. The largest absolute Gasteiger partial charge is 0.313 e. The molecule has 1 heterocycles. The quantitative estimate of drug-likeness (QED) is 0.676. The van der Waals surface area contributed by atoms with Gasteiger partial charge in [-0.15, -0.1) is 0 Å². The highest BCUT2D eigenvalue weighted by Gasteiger charge is 2.25. The summed E-state index contributed by atoms with van der Waals surface area (Å²) in [7, 11) is -3.40. The van der Waals surface area contributed by atoms with Gasteiger partial charge < -0.3 is 5.32 Å². The molecular formula is C10H23N3O2S. The third-order valence-corrected chi connectivity index (χ3v) is 3.95. The first-order valence-electron chi connectivity index (χ1n) is 5.72. The second-order valence-corrected chi connectivity index (χ2v) is 7.00. The van der Waals surface area contributed by atoms with E-state index in [1.807, 2.05) is 20.8 Å². The summed E-state index contributed by atoms with van der Waals surface area (Å²) in [6.07, 6.45) is 1.89. The van der Waals surface area contributed by atoms with Crippen molar-refractivity contribution in [3.8, 4) is 0 Å². The van der Waals surface area contributed by atoms with Crippen LogP contribution in [-0.2, 0) is 10.2 Å². The summed E-state index contributed by atoms with van der Waals surface area (Å²) in [5.74, 6) is 0. The lowest BCUT2D eigenvalue weighted by atomic mass is 10.0. The van der Waals surface area contributed by atoms with Gasteiger partial charge in [0.15, 0.2) is 0 Å². The van der Waals surface area contributed by atoms with Crippen LogP contribution in [0.3, 0.4) is 0 Å². The first-order valence-corrected chi connectivity index (χ1v) is 7.21. The summed E-state index contributed by atoms with van der Waals surface area (Å²) < 4.78 is 28.8. The Balaban J connectivity index is 2.47. The number of hydrogen-bond acceptors (Lipinski definition) is 3. The molecule has 0 aromatic carbocycles. The molecule has 0 bridgehead atoms. The zero-order valence-electron chi connectivity index (χ0n) is 10.5. The van der Waals surface area contributed by atoms with Gasteiger partial charge in [-0.25, -0.2) is 0 Å². The predicted molar refractivity (Wildman–Crippen MR) is 65.4 cm³/mol. The lowest BCUT2D eigenvalue weighted by Crippen LogP contribution is -2.54. The standard InChI is InChI=1S/C10H23N3O2S/c1-8-5-6-9(7-11-8)12-16(14,15)13-10(2,3)4/h8-9,11-13H,5-7H2,1-4H3. The van der Waals surface area contributed by atoms with Crippen molar-refractivity contribution in [1.29, 1.82) is 0 Å². The van der Waals surface area contributed by atoms with Gasteiger partial charge in [0.1, 0.15) is 0 Å². The maximum Gasteiger partial charge on any atom is 0.277 e. The van der Waals surface area contributed by atoms with Crippen LogP contribution in [0.4, 0.5) is 0 Å². The molecule has 96 valence electrons. The van der Waals surface area contributed by atoms with E-state index in [2.05, 4.69) is 21.7 Å². The molecule has 1 saturated heterocycles. The first kappa shape index (κ1) is 13.9. The fourth-order valence-electron chi connectivity index (χ4n) is 1.75. The normalized spacial score (nSPS) is 28.0.